The van der Waals surface area contributed by atoms with E-state index in [1.165, 1.54) is 18.2 Å². The predicted octanol–water partition coefficient (Wildman–Crippen LogP) is 3.75. The third kappa shape index (κ3) is 4.29. The second kappa shape index (κ2) is 8.65. The van der Waals surface area contributed by atoms with Crippen LogP contribution >= 0.6 is 11.6 Å². The lowest BCUT2D eigenvalue weighted by atomic mass is 10.1. The van der Waals surface area contributed by atoms with Crippen molar-refractivity contribution >= 4 is 50.5 Å². The summed E-state index contributed by atoms with van der Waals surface area (Å²) in [5.74, 6) is -1.90. The highest BCUT2D eigenvalue weighted by atomic mass is 35.5. The van der Waals surface area contributed by atoms with Gasteiger partial charge in [-0.25, -0.2) is 12.7 Å². The van der Waals surface area contributed by atoms with Gasteiger partial charge >= 0.3 is 0 Å². The van der Waals surface area contributed by atoms with E-state index < -0.39 is 27.8 Å². The Kier molecular flexibility index (Phi) is 6.38. The number of benzene rings is 2. The number of nitrogens with one attached hydrogen (secondary N) is 1. The number of rotatable bonds is 6. The molecule has 1 aliphatic heterocycles. The van der Waals surface area contributed by atoms with E-state index in [0.717, 1.165) is 23.1 Å². The molecule has 1 fully saturated rings. The van der Waals surface area contributed by atoms with Gasteiger partial charge in [0.05, 0.1) is 27.9 Å². The number of halogens is 1. The minimum atomic E-state index is -3.77. The zero-order valence-corrected chi connectivity index (χ0v) is 18.6. The molecule has 1 N–H and O–H groups in total. The highest BCUT2D eigenvalue weighted by molar-refractivity contribution is 7.94. The average molecular weight is 450 g/mol. The molecule has 0 radical (unpaired) electrons. The molecule has 2 aromatic rings. The fraction of sp³-hybridized carbons (Fsp3) is 0.333. The predicted molar refractivity (Wildman–Crippen MR) is 120 cm³/mol. The molecule has 2 amide bonds. The fourth-order valence-corrected chi connectivity index (χ4v) is 5.46. The van der Waals surface area contributed by atoms with Gasteiger partial charge in [0.2, 0.25) is 15.9 Å². The van der Waals surface area contributed by atoms with Crippen molar-refractivity contribution in [3.8, 4) is 0 Å². The normalized spacial score (nSPS) is 17.8. The molecule has 1 aliphatic rings. The molecule has 160 valence electrons. The van der Waals surface area contributed by atoms with Crippen LogP contribution in [0.25, 0.3) is 0 Å². The first-order chi connectivity index (χ1) is 14.2. The number of sulfonamides is 1. The Hall–Kier alpha value is -2.58. The quantitative estimate of drug-likeness (QED) is 0.725. The van der Waals surface area contributed by atoms with Crippen LogP contribution in [-0.4, -0.2) is 39.1 Å². The number of amides is 2. The number of hydrogen-bond acceptors (Lipinski definition) is 5. The molecule has 7 nitrogen and oxygen atoms in total. The van der Waals surface area contributed by atoms with E-state index >= 15 is 0 Å². The van der Waals surface area contributed by atoms with Crippen LogP contribution in [0, 0.1) is 5.92 Å². The van der Waals surface area contributed by atoms with Gasteiger partial charge in [0.15, 0.2) is 0 Å². The molecule has 30 heavy (non-hydrogen) atoms. The molecule has 0 spiro atoms. The van der Waals surface area contributed by atoms with Gasteiger partial charge in [-0.3, -0.25) is 9.59 Å². The molecule has 0 aliphatic carbocycles. The Morgan fingerprint density at radius 2 is 1.80 bits per heavy atom. The van der Waals surface area contributed by atoms with E-state index in [9.17, 15) is 18.0 Å². The molecule has 1 saturated heterocycles. The van der Waals surface area contributed by atoms with Crippen LogP contribution in [0.1, 0.15) is 31.1 Å². The van der Waals surface area contributed by atoms with Gasteiger partial charge in [-0.1, -0.05) is 18.5 Å². The van der Waals surface area contributed by atoms with Crippen LogP contribution < -0.4 is 14.5 Å². The monoisotopic (exact) mass is 449 g/mol. The minimum Gasteiger partial charge on any atom is -0.372 e. The molecule has 3 rings (SSSR count). The smallest absolute Gasteiger partial charge is 0.257 e. The van der Waals surface area contributed by atoms with Crippen LogP contribution in [0.2, 0.25) is 5.02 Å². The lowest BCUT2D eigenvalue weighted by molar-refractivity contribution is -0.119. The summed E-state index contributed by atoms with van der Waals surface area (Å²) in [7, 11) is -3.77. The number of anilines is 3. The van der Waals surface area contributed by atoms with Crippen LogP contribution in [0.3, 0.4) is 0 Å². The van der Waals surface area contributed by atoms with E-state index in [2.05, 4.69) is 24.1 Å². The standard InChI is InChI=1S/C21H24ClN3O4S/c1-4-24(5-2)16-8-6-15(7-9-16)23-20(26)18-12-17(10-11-19(18)22)25-21(27)14(3)13-30(25,28)29/h6-12,14H,4-5,13H2,1-3H3,(H,23,26). The van der Waals surface area contributed by atoms with Gasteiger partial charge in [-0.2, -0.15) is 0 Å². The van der Waals surface area contributed by atoms with Gasteiger partial charge in [-0.05, 0) is 56.3 Å². The minimum absolute atomic E-state index is 0.0875. The number of hydrogen-bond donors (Lipinski definition) is 1. The molecule has 2 aromatic carbocycles. The van der Waals surface area contributed by atoms with Gasteiger partial charge in [0, 0.05) is 24.5 Å². The van der Waals surface area contributed by atoms with Crippen LogP contribution in [0.4, 0.5) is 17.1 Å². The molecule has 0 aromatic heterocycles. The molecule has 1 heterocycles. The Balaban J connectivity index is 1.85. The lowest BCUT2D eigenvalue weighted by Crippen LogP contribution is -2.30. The molecular formula is C21H24ClN3O4S. The fourth-order valence-electron chi connectivity index (χ4n) is 3.44. The van der Waals surface area contributed by atoms with Gasteiger partial charge < -0.3 is 10.2 Å². The molecule has 1 atom stereocenters. The van der Waals surface area contributed by atoms with Crippen molar-refractivity contribution in [3.05, 3.63) is 53.1 Å². The second-order valence-corrected chi connectivity index (χ2v) is 9.39. The summed E-state index contributed by atoms with van der Waals surface area (Å²) in [5, 5.41) is 2.93. The third-order valence-corrected chi connectivity index (χ3v) is 7.24. The molecule has 9 heteroatoms. The Morgan fingerprint density at radius 3 is 2.33 bits per heavy atom. The van der Waals surface area contributed by atoms with Crippen LogP contribution in [0.5, 0.6) is 0 Å². The summed E-state index contributed by atoms with van der Waals surface area (Å²) in [6, 6.07) is 11.6. The first-order valence-electron chi connectivity index (χ1n) is 9.70. The van der Waals surface area contributed by atoms with Crippen molar-refractivity contribution < 1.29 is 18.0 Å². The molecule has 0 bridgehead atoms. The molecule has 0 saturated carbocycles. The molecule has 1 unspecified atom stereocenters. The average Bonchev–Trinajstić information content (AvgIpc) is 2.91. The molecular weight excluding hydrogens is 426 g/mol. The third-order valence-electron chi connectivity index (χ3n) is 5.04. The van der Waals surface area contributed by atoms with Crippen molar-refractivity contribution in [2.75, 3.05) is 33.4 Å². The van der Waals surface area contributed by atoms with Crippen LogP contribution in [-0.2, 0) is 14.8 Å². The second-order valence-electron chi connectivity index (χ2n) is 7.12. The summed E-state index contributed by atoms with van der Waals surface area (Å²) in [5.41, 5.74) is 1.82. The van der Waals surface area contributed by atoms with Gasteiger partial charge in [0.25, 0.3) is 5.91 Å². The Morgan fingerprint density at radius 1 is 1.17 bits per heavy atom. The number of carbonyl (C=O) groups excluding carboxylic acids is 2. The first-order valence-corrected chi connectivity index (χ1v) is 11.7. The summed E-state index contributed by atoms with van der Waals surface area (Å²) < 4.78 is 25.4. The van der Waals surface area contributed by atoms with Crippen LogP contribution in [0.15, 0.2) is 42.5 Å². The van der Waals surface area contributed by atoms with E-state index in [1.807, 2.05) is 12.1 Å². The van der Waals surface area contributed by atoms with E-state index in [4.69, 9.17) is 11.6 Å². The SMILES string of the molecule is CCN(CC)c1ccc(NC(=O)c2cc(N3C(=O)C(C)CS3(=O)=O)ccc2Cl)cc1. The van der Waals surface area contributed by atoms with Gasteiger partial charge in [-0.15, -0.1) is 0 Å². The van der Waals surface area contributed by atoms with Crippen molar-refractivity contribution in [3.63, 3.8) is 0 Å². The number of carbonyl (C=O) groups is 2. The van der Waals surface area contributed by atoms with E-state index in [1.54, 1.807) is 19.1 Å². The largest absolute Gasteiger partial charge is 0.372 e. The van der Waals surface area contributed by atoms with Crippen molar-refractivity contribution in [1.82, 2.24) is 0 Å². The Labute approximate surface area is 181 Å². The first kappa shape index (κ1) is 22.1. The highest BCUT2D eigenvalue weighted by Crippen LogP contribution is 2.31. The summed E-state index contributed by atoms with van der Waals surface area (Å²) >= 11 is 6.18. The summed E-state index contributed by atoms with van der Waals surface area (Å²) in [4.78, 5) is 27.3. The maximum atomic E-state index is 12.8. The summed E-state index contributed by atoms with van der Waals surface area (Å²) in [6.45, 7) is 7.45. The summed E-state index contributed by atoms with van der Waals surface area (Å²) in [6.07, 6.45) is 0. The number of nitrogens with zero attached hydrogens (tertiary/aromatic N) is 2. The topological polar surface area (TPSA) is 86.8 Å². The maximum absolute atomic E-state index is 12.8. The zero-order valence-electron chi connectivity index (χ0n) is 17.1. The van der Waals surface area contributed by atoms with Crippen molar-refractivity contribution in [2.24, 2.45) is 5.92 Å². The van der Waals surface area contributed by atoms with Crippen molar-refractivity contribution in [1.29, 1.82) is 0 Å². The van der Waals surface area contributed by atoms with E-state index in [0.29, 0.717) is 5.69 Å². The van der Waals surface area contributed by atoms with Crippen molar-refractivity contribution in [2.45, 2.75) is 20.8 Å². The highest BCUT2D eigenvalue weighted by Gasteiger charge is 2.42. The Bertz CT molecular complexity index is 1070. The zero-order chi connectivity index (χ0) is 22.1. The lowest BCUT2D eigenvalue weighted by Gasteiger charge is -2.21. The maximum Gasteiger partial charge on any atom is 0.257 e. The van der Waals surface area contributed by atoms with E-state index in [-0.39, 0.29) is 22.0 Å². The van der Waals surface area contributed by atoms with Gasteiger partial charge in [0.1, 0.15) is 0 Å².